The van der Waals surface area contributed by atoms with Gasteiger partial charge in [-0.2, -0.15) is 0 Å². The van der Waals surface area contributed by atoms with Crippen molar-refractivity contribution >= 4 is 33.1 Å². The van der Waals surface area contributed by atoms with Crippen LogP contribution in [-0.2, 0) is 0 Å². The van der Waals surface area contributed by atoms with Crippen molar-refractivity contribution < 1.29 is 14.6 Å². The van der Waals surface area contributed by atoms with Crippen LogP contribution in [0.5, 0.6) is 5.75 Å². The van der Waals surface area contributed by atoms with Gasteiger partial charge in [0.05, 0.1) is 13.2 Å². The van der Waals surface area contributed by atoms with E-state index in [0.717, 1.165) is 15.6 Å². The lowest BCUT2D eigenvalue weighted by molar-refractivity contribution is 0.177. The van der Waals surface area contributed by atoms with E-state index < -0.39 is 6.10 Å². The van der Waals surface area contributed by atoms with Crippen LogP contribution in [-0.4, -0.2) is 24.8 Å². The third kappa shape index (κ3) is 3.67. The molecule has 0 radical (unpaired) electrons. The molecule has 0 saturated heterocycles. The van der Waals surface area contributed by atoms with Gasteiger partial charge in [0.25, 0.3) is 0 Å². The van der Waals surface area contributed by atoms with Gasteiger partial charge in [-0.15, -0.1) is 11.3 Å². The fraction of sp³-hybridized carbons (Fsp3) is 0.167. The number of aliphatic hydroxyl groups is 1. The molecule has 5 nitrogen and oxygen atoms in total. The number of hydrogen-bond donors (Lipinski definition) is 3. The number of amides is 2. The van der Waals surface area contributed by atoms with Crippen molar-refractivity contribution in [2.45, 2.75) is 6.10 Å². The van der Waals surface area contributed by atoms with Crippen molar-refractivity contribution in [2.75, 3.05) is 19.0 Å². The summed E-state index contributed by atoms with van der Waals surface area (Å²) >= 11 is 1.58. The van der Waals surface area contributed by atoms with Crippen LogP contribution in [0.3, 0.4) is 0 Å². The Morgan fingerprint density at radius 3 is 2.92 bits per heavy atom. The second kappa shape index (κ2) is 7.33. The van der Waals surface area contributed by atoms with E-state index in [2.05, 4.69) is 10.6 Å². The summed E-state index contributed by atoms with van der Waals surface area (Å²) in [5.41, 5.74) is 1.46. The minimum Gasteiger partial charge on any atom is -0.497 e. The maximum absolute atomic E-state index is 12.0. The molecule has 6 heteroatoms. The van der Waals surface area contributed by atoms with Crippen LogP contribution in [0.4, 0.5) is 10.5 Å². The Morgan fingerprint density at radius 2 is 2.08 bits per heavy atom. The average molecular weight is 342 g/mol. The van der Waals surface area contributed by atoms with Gasteiger partial charge in [-0.05, 0) is 29.0 Å². The number of carbonyl (C=O) groups is 1. The molecular formula is C18H18N2O3S. The van der Waals surface area contributed by atoms with Crippen LogP contribution >= 0.6 is 11.3 Å². The van der Waals surface area contributed by atoms with Gasteiger partial charge in [-0.25, -0.2) is 4.79 Å². The number of nitrogens with one attached hydrogen (secondary N) is 2. The standard InChI is InChI=1S/C18H18N2O3S/c1-23-13-6-4-5-12(9-13)20-18(22)19-10-16(21)15-11-24-17-8-3-2-7-14(15)17/h2-9,11,16,21H,10H2,1H3,(H2,19,20,22). The molecule has 1 heterocycles. The Bertz CT molecular complexity index is 847. The normalized spacial score (nSPS) is 11.9. The number of urea groups is 1. The first-order chi connectivity index (χ1) is 11.7. The molecule has 124 valence electrons. The van der Waals surface area contributed by atoms with E-state index in [1.54, 1.807) is 42.7 Å². The smallest absolute Gasteiger partial charge is 0.319 e. The van der Waals surface area contributed by atoms with Crippen molar-refractivity contribution in [2.24, 2.45) is 0 Å². The summed E-state index contributed by atoms with van der Waals surface area (Å²) in [6, 6.07) is 14.6. The van der Waals surface area contributed by atoms with Crippen LogP contribution in [0, 0.1) is 0 Å². The van der Waals surface area contributed by atoms with Crippen molar-refractivity contribution in [1.29, 1.82) is 0 Å². The molecule has 0 aliphatic carbocycles. The van der Waals surface area contributed by atoms with E-state index in [1.165, 1.54) is 0 Å². The maximum Gasteiger partial charge on any atom is 0.319 e. The van der Waals surface area contributed by atoms with Crippen LogP contribution in [0.25, 0.3) is 10.1 Å². The molecule has 2 amide bonds. The van der Waals surface area contributed by atoms with E-state index >= 15 is 0 Å². The van der Waals surface area contributed by atoms with Gasteiger partial charge in [0.1, 0.15) is 5.75 Å². The number of rotatable bonds is 5. The van der Waals surface area contributed by atoms with Gasteiger partial charge in [0.15, 0.2) is 0 Å². The summed E-state index contributed by atoms with van der Waals surface area (Å²) in [6.07, 6.45) is -0.753. The van der Waals surface area contributed by atoms with Crippen LogP contribution < -0.4 is 15.4 Å². The zero-order valence-corrected chi connectivity index (χ0v) is 14.0. The highest BCUT2D eigenvalue weighted by Crippen LogP contribution is 2.29. The Morgan fingerprint density at radius 1 is 1.25 bits per heavy atom. The van der Waals surface area contributed by atoms with Gasteiger partial charge in [-0.1, -0.05) is 24.3 Å². The number of thiophene rings is 1. The third-order valence-corrected chi connectivity index (χ3v) is 4.64. The van der Waals surface area contributed by atoms with Crippen molar-refractivity contribution in [1.82, 2.24) is 5.32 Å². The zero-order valence-electron chi connectivity index (χ0n) is 13.2. The first kappa shape index (κ1) is 16.3. The Labute approximate surface area is 143 Å². The molecule has 0 saturated carbocycles. The van der Waals surface area contributed by atoms with Gasteiger partial charge < -0.3 is 20.5 Å². The minimum atomic E-state index is -0.753. The van der Waals surface area contributed by atoms with Crippen molar-refractivity contribution in [3.05, 3.63) is 59.5 Å². The Kier molecular flexibility index (Phi) is 4.98. The topological polar surface area (TPSA) is 70.6 Å². The van der Waals surface area contributed by atoms with E-state index in [0.29, 0.717) is 11.4 Å². The summed E-state index contributed by atoms with van der Waals surface area (Å²) in [5.74, 6) is 0.664. The molecule has 0 spiro atoms. The Hall–Kier alpha value is -2.57. The van der Waals surface area contributed by atoms with E-state index in [-0.39, 0.29) is 12.6 Å². The lowest BCUT2D eigenvalue weighted by Crippen LogP contribution is -2.32. The van der Waals surface area contributed by atoms with E-state index in [4.69, 9.17) is 4.74 Å². The summed E-state index contributed by atoms with van der Waals surface area (Å²) < 4.78 is 6.23. The number of methoxy groups -OCH3 is 1. The van der Waals surface area contributed by atoms with Crippen LogP contribution in [0.15, 0.2) is 53.9 Å². The van der Waals surface area contributed by atoms with Crippen molar-refractivity contribution in [3.8, 4) is 5.75 Å². The molecule has 3 rings (SSSR count). The van der Waals surface area contributed by atoms with Gasteiger partial charge in [-0.3, -0.25) is 0 Å². The molecular weight excluding hydrogens is 324 g/mol. The molecule has 2 aromatic carbocycles. The van der Waals surface area contributed by atoms with Crippen LogP contribution in [0.1, 0.15) is 11.7 Å². The van der Waals surface area contributed by atoms with E-state index in [9.17, 15) is 9.90 Å². The lowest BCUT2D eigenvalue weighted by Gasteiger charge is -2.13. The number of benzene rings is 2. The quantitative estimate of drug-likeness (QED) is 0.661. The summed E-state index contributed by atoms with van der Waals surface area (Å²) in [4.78, 5) is 12.0. The first-order valence-corrected chi connectivity index (χ1v) is 8.38. The van der Waals surface area contributed by atoms with Gasteiger partial charge in [0, 0.05) is 28.6 Å². The van der Waals surface area contributed by atoms with E-state index in [1.807, 2.05) is 29.6 Å². The maximum atomic E-state index is 12.0. The summed E-state index contributed by atoms with van der Waals surface area (Å²) in [7, 11) is 1.57. The Balaban J connectivity index is 1.59. The highest BCUT2D eigenvalue weighted by atomic mass is 32.1. The highest BCUT2D eigenvalue weighted by Gasteiger charge is 2.14. The lowest BCUT2D eigenvalue weighted by atomic mass is 10.1. The molecule has 0 bridgehead atoms. The number of carbonyl (C=O) groups excluding carboxylic acids is 1. The van der Waals surface area contributed by atoms with Crippen molar-refractivity contribution in [3.63, 3.8) is 0 Å². The number of aliphatic hydroxyl groups excluding tert-OH is 1. The van der Waals surface area contributed by atoms with Gasteiger partial charge >= 0.3 is 6.03 Å². The summed E-state index contributed by atoms with van der Waals surface area (Å²) in [5, 5.41) is 18.7. The minimum absolute atomic E-state index is 0.135. The van der Waals surface area contributed by atoms with Gasteiger partial charge in [0.2, 0.25) is 0 Å². The average Bonchev–Trinajstić information content (AvgIpc) is 3.04. The number of hydrogen-bond acceptors (Lipinski definition) is 4. The molecule has 0 aliphatic heterocycles. The fourth-order valence-electron chi connectivity index (χ4n) is 2.43. The molecule has 1 aromatic heterocycles. The molecule has 1 atom stereocenters. The predicted molar refractivity (Wildman–Crippen MR) is 96.8 cm³/mol. The first-order valence-electron chi connectivity index (χ1n) is 7.50. The molecule has 24 heavy (non-hydrogen) atoms. The largest absolute Gasteiger partial charge is 0.497 e. The second-order valence-corrected chi connectivity index (χ2v) is 6.18. The SMILES string of the molecule is COc1cccc(NC(=O)NCC(O)c2csc3ccccc23)c1. The molecule has 0 aliphatic rings. The number of fused-ring (bicyclic) bond motifs is 1. The monoisotopic (exact) mass is 342 g/mol. The molecule has 1 unspecified atom stereocenters. The summed E-state index contributed by atoms with van der Waals surface area (Å²) in [6.45, 7) is 0.135. The predicted octanol–water partition coefficient (Wildman–Crippen LogP) is 3.77. The second-order valence-electron chi connectivity index (χ2n) is 5.27. The fourth-order valence-corrected chi connectivity index (χ4v) is 3.44. The molecule has 3 N–H and O–H groups in total. The van der Waals surface area contributed by atoms with Crippen LogP contribution in [0.2, 0.25) is 0 Å². The molecule has 3 aromatic rings. The highest BCUT2D eigenvalue weighted by molar-refractivity contribution is 7.17. The molecule has 0 fully saturated rings. The number of anilines is 1. The third-order valence-electron chi connectivity index (χ3n) is 3.65. The zero-order chi connectivity index (χ0) is 16.9. The number of ether oxygens (including phenoxy) is 1.